The number of benzene rings is 1. The quantitative estimate of drug-likeness (QED) is 0.850. The number of hydrogen-bond donors (Lipinski definition) is 2. The summed E-state index contributed by atoms with van der Waals surface area (Å²) in [6.45, 7) is 2.92. The maximum atomic E-state index is 12.0. The number of amides is 2. The molecule has 0 unspecified atom stereocenters. The number of anilines is 1. The van der Waals surface area contributed by atoms with E-state index in [2.05, 4.69) is 17.6 Å². The lowest BCUT2D eigenvalue weighted by Gasteiger charge is -2.10. The summed E-state index contributed by atoms with van der Waals surface area (Å²) in [5, 5.41) is 5.72. The zero-order valence-electron chi connectivity index (χ0n) is 10.4. The molecule has 3 rings (SSSR count). The van der Waals surface area contributed by atoms with Crippen molar-refractivity contribution in [3.63, 3.8) is 0 Å². The Balaban J connectivity index is 1.70. The van der Waals surface area contributed by atoms with E-state index in [9.17, 15) is 9.59 Å². The Hall–Kier alpha value is -1.84. The van der Waals surface area contributed by atoms with Crippen molar-refractivity contribution in [2.75, 3.05) is 11.9 Å². The summed E-state index contributed by atoms with van der Waals surface area (Å²) >= 11 is 0. The summed E-state index contributed by atoms with van der Waals surface area (Å²) in [7, 11) is 0. The van der Waals surface area contributed by atoms with Gasteiger partial charge in [0, 0.05) is 17.8 Å². The SMILES string of the molecule is CC1(CNC(=O)c2ccc3c(c2)CC(=O)N3)CC1. The monoisotopic (exact) mass is 244 g/mol. The third kappa shape index (κ3) is 2.10. The molecule has 0 spiro atoms. The predicted octanol–water partition coefficient (Wildman–Crippen LogP) is 1.71. The summed E-state index contributed by atoms with van der Waals surface area (Å²) < 4.78 is 0. The van der Waals surface area contributed by atoms with Crippen LogP contribution in [0.15, 0.2) is 18.2 Å². The van der Waals surface area contributed by atoms with Crippen molar-refractivity contribution >= 4 is 17.5 Å². The predicted molar refractivity (Wildman–Crippen MR) is 68.4 cm³/mol. The van der Waals surface area contributed by atoms with Crippen molar-refractivity contribution in [3.8, 4) is 0 Å². The van der Waals surface area contributed by atoms with Gasteiger partial charge in [-0.05, 0) is 42.0 Å². The van der Waals surface area contributed by atoms with E-state index in [1.54, 1.807) is 18.2 Å². The smallest absolute Gasteiger partial charge is 0.251 e. The average molecular weight is 244 g/mol. The van der Waals surface area contributed by atoms with Gasteiger partial charge >= 0.3 is 0 Å². The van der Waals surface area contributed by atoms with E-state index in [4.69, 9.17) is 0 Å². The Kier molecular flexibility index (Phi) is 2.40. The summed E-state index contributed by atoms with van der Waals surface area (Å²) in [4.78, 5) is 23.2. The highest BCUT2D eigenvalue weighted by Crippen LogP contribution is 2.44. The van der Waals surface area contributed by atoms with Crippen LogP contribution in [0.3, 0.4) is 0 Å². The van der Waals surface area contributed by atoms with Gasteiger partial charge in [0.25, 0.3) is 5.91 Å². The van der Waals surface area contributed by atoms with Crippen molar-refractivity contribution in [1.29, 1.82) is 0 Å². The third-order valence-corrected chi connectivity index (χ3v) is 3.77. The minimum Gasteiger partial charge on any atom is -0.351 e. The van der Waals surface area contributed by atoms with Gasteiger partial charge in [0.05, 0.1) is 6.42 Å². The van der Waals surface area contributed by atoms with E-state index in [0.717, 1.165) is 17.8 Å². The van der Waals surface area contributed by atoms with E-state index in [1.807, 2.05) is 0 Å². The van der Waals surface area contributed by atoms with Gasteiger partial charge in [-0.3, -0.25) is 9.59 Å². The fraction of sp³-hybridized carbons (Fsp3) is 0.429. The molecule has 1 aromatic rings. The van der Waals surface area contributed by atoms with Crippen LogP contribution >= 0.6 is 0 Å². The number of nitrogens with one attached hydrogen (secondary N) is 2. The molecule has 1 heterocycles. The molecule has 94 valence electrons. The van der Waals surface area contributed by atoms with Gasteiger partial charge in [-0.2, -0.15) is 0 Å². The zero-order chi connectivity index (χ0) is 12.8. The van der Waals surface area contributed by atoms with Gasteiger partial charge in [-0.25, -0.2) is 0 Å². The van der Waals surface area contributed by atoms with Crippen molar-refractivity contribution < 1.29 is 9.59 Å². The maximum Gasteiger partial charge on any atom is 0.251 e. The number of carbonyl (C=O) groups is 2. The van der Waals surface area contributed by atoms with Crippen LogP contribution in [0.4, 0.5) is 5.69 Å². The highest BCUT2D eigenvalue weighted by Gasteiger charge is 2.37. The molecule has 1 aliphatic carbocycles. The summed E-state index contributed by atoms with van der Waals surface area (Å²) in [5.74, 6) is -0.0571. The average Bonchev–Trinajstić information content (AvgIpc) is 2.95. The Morgan fingerprint density at radius 2 is 2.22 bits per heavy atom. The molecule has 0 saturated heterocycles. The Bertz CT molecular complexity index is 533. The van der Waals surface area contributed by atoms with Crippen molar-refractivity contribution in [3.05, 3.63) is 29.3 Å². The Morgan fingerprint density at radius 1 is 1.44 bits per heavy atom. The number of carbonyl (C=O) groups excluding carboxylic acids is 2. The molecule has 2 N–H and O–H groups in total. The van der Waals surface area contributed by atoms with Gasteiger partial charge < -0.3 is 10.6 Å². The first-order valence-electron chi connectivity index (χ1n) is 6.27. The molecular weight excluding hydrogens is 228 g/mol. The number of fused-ring (bicyclic) bond motifs is 1. The molecule has 1 aliphatic heterocycles. The number of rotatable bonds is 3. The molecule has 1 aromatic carbocycles. The third-order valence-electron chi connectivity index (χ3n) is 3.77. The first kappa shape index (κ1) is 11.3. The minimum absolute atomic E-state index is 0.00644. The fourth-order valence-electron chi connectivity index (χ4n) is 2.16. The lowest BCUT2D eigenvalue weighted by atomic mass is 10.1. The molecule has 1 fully saturated rings. The lowest BCUT2D eigenvalue weighted by Crippen LogP contribution is -2.28. The summed E-state index contributed by atoms with van der Waals surface area (Å²) in [5.41, 5.74) is 2.68. The molecule has 0 radical (unpaired) electrons. The second-order valence-electron chi connectivity index (χ2n) is 5.59. The van der Waals surface area contributed by atoms with E-state index < -0.39 is 0 Å². The molecule has 1 saturated carbocycles. The molecule has 2 aliphatic rings. The standard InChI is InChI=1S/C14H16N2O2/c1-14(4-5-14)8-15-13(18)9-2-3-11-10(6-9)7-12(17)16-11/h2-3,6H,4-5,7-8H2,1H3,(H,15,18)(H,16,17). The Labute approximate surface area is 106 Å². The zero-order valence-corrected chi connectivity index (χ0v) is 10.4. The highest BCUT2D eigenvalue weighted by molar-refractivity contribution is 6.01. The van der Waals surface area contributed by atoms with E-state index >= 15 is 0 Å². The van der Waals surface area contributed by atoms with Crippen LogP contribution in [0.1, 0.15) is 35.7 Å². The summed E-state index contributed by atoms with van der Waals surface area (Å²) in [6, 6.07) is 5.36. The molecule has 4 nitrogen and oxygen atoms in total. The van der Waals surface area contributed by atoms with E-state index in [0.29, 0.717) is 17.4 Å². The van der Waals surface area contributed by atoms with E-state index in [1.165, 1.54) is 12.8 Å². The van der Waals surface area contributed by atoms with Gasteiger partial charge in [0.1, 0.15) is 0 Å². The van der Waals surface area contributed by atoms with Crippen molar-refractivity contribution in [2.24, 2.45) is 5.41 Å². The Morgan fingerprint density at radius 3 is 2.94 bits per heavy atom. The molecule has 0 atom stereocenters. The van der Waals surface area contributed by atoms with Crippen LogP contribution in [0, 0.1) is 5.41 Å². The van der Waals surface area contributed by atoms with E-state index in [-0.39, 0.29) is 11.8 Å². The summed E-state index contributed by atoms with van der Waals surface area (Å²) in [6.07, 6.45) is 2.75. The van der Waals surface area contributed by atoms with Gasteiger partial charge in [0.2, 0.25) is 5.91 Å². The van der Waals surface area contributed by atoms with Gasteiger partial charge in [-0.15, -0.1) is 0 Å². The molecule has 4 heteroatoms. The van der Waals surface area contributed by atoms with Crippen LogP contribution in [0.5, 0.6) is 0 Å². The molecule has 0 aromatic heterocycles. The van der Waals surface area contributed by atoms with Crippen molar-refractivity contribution in [2.45, 2.75) is 26.2 Å². The maximum absolute atomic E-state index is 12.0. The van der Waals surface area contributed by atoms with Gasteiger partial charge in [0.15, 0.2) is 0 Å². The highest BCUT2D eigenvalue weighted by atomic mass is 16.2. The van der Waals surface area contributed by atoms with Crippen LogP contribution in [-0.2, 0) is 11.2 Å². The molecular formula is C14H16N2O2. The second kappa shape index (κ2) is 3.83. The molecule has 0 bridgehead atoms. The van der Waals surface area contributed by atoms with Crippen LogP contribution in [0.2, 0.25) is 0 Å². The topological polar surface area (TPSA) is 58.2 Å². The first-order chi connectivity index (χ1) is 8.56. The fourth-order valence-corrected chi connectivity index (χ4v) is 2.16. The minimum atomic E-state index is -0.0507. The second-order valence-corrected chi connectivity index (χ2v) is 5.59. The van der Waals surface area contributed by atoms with Crippen LogP contribution in [0.25, 0.3) is 0 Å². The van der Waals surface area contributed by atoms with Gasteiger partial charge in [-0.1, -0.05) is 6.92 Å². The molecule has 18 heavy (non-hydrogen) atoms. The number of hydrogen-bond acceptors (Lipinski definition) is 2. The van der Waals surface area contributed by atoms with Crippen LogP contribution < -0.4 is 10.6 Å². The largest absolute Gasteiger partial charge is 0.351 e. The van der Waals surface area contributed by atoms with Crippen LogP contribution in [-0.4, -0.2) is 18.4 Å². The van der Waals surface area contributed by atoms with Crippen molar-refractivity contribution in [1.82, 2.24) is 5.32 Å². The normalized spacial score (nSPS) is 19.1. The lowest BCUT2D eigenvalue weighted by molar-refractivity contribution is -0.115. The first-order valence-corrected chi connectivity index (χ1v) is 6.27. The molecule has 2 amide bonds.